The Kier molecular flexibility index (Phi) is 11.7. The molecule has 0 aliphatic carbocycles. The predicted octanol–water partition coefficient (Wildman–Crippen LogP) is 4.92. The SMILES string of the molecule is CC/C(=C(/c1ccc(OCCNC/C=C/C(=O)N(C)CCO)cc1)c1ccc(N)c(C=N)c1)c1ccccc1C. The number of hydrogen-bond acceptors (Lipinski definition) is 6. The first-order valence-corrected chi connectivity index (χ1v) is 13.6. The van der Waals surface area contributed by atoms with Crippen molar-refractivity contribution in [1.29, 1.82) is 5.41 Å². The number of nitrogens with one attached hydrogen (secondary N) is 2. The lowest BCUT2D eigenvalue weighted by Gasteiger charge is -2.19. The number of carbonyl (C=O) groups excluding carboxylic acids is 1. The third kappa shape index (κ3) is 8.15. The Labute approximate surface area is 237 Å². The maximum atomic E-state index is 11.8. The number of anilines is 1. The van der Waals surface area contributed by atoms with E-state index in [1.54, 1.807) is 13.1 Å². The second-order valence-corrected chi connectivity index (χ2v) is 9.47. The normalized spacial score (nSPS) is 11.8. The summed E-state index contributed by atoms with van der Waals surface area (Å²) >= 11 is 0. The number of carbonyl (C=O) groups is 1. The van der Waals surface area contributed by atoms with Crippen molar-refractivity contribution in [1.82, 2.24) is 10.2 Å². The lowest BCUT2D eigenvalue weighted by Crippen LogP contribution is -2.28. The number of aliphatic hydroxyl groups excluding tert-OH is 1. The molecule has 0 aliphatic rings. The van der Waals surface area contributed by atoms with Gasteiger partial charge < -0.3 is 31.2 Å². The smallest absolute Gasteiger partial charge is 0.246 e. The van der Waals surface area contributed by atoms with E-state index in [9.17, 15) is 4.79 Å². The van der Waals surface area contributed by atoms with Crippen LogP contribution in [-0.4, -0.2) is 62.0 Å². The number of aryl methyl sites for hydroxylation is 1. The molecule has 1 amide bonds. The van der Waals surface area contributed by atoms with E-state index in [0.29, 0.717) is 37.5 Å². The largest absolute Gasteiger partial charge is 0.492 e. The summed E-state index contributed by atoms with van der Waals surface area (Å²) in [7, 11) is 1.66. The van der Waals surface area contributed by atoms with Gasteiger partial charge in [-0.1, -0.05) is 55.5 Å². The van der Waals surface area contributed by atoms with Crippen LogP contribution in [0.3, 0.4) is 0 Å². The van der Waals surface area contributed by atoms with Crippen LogP contribution in [-0.2, 0) is 4.79 Å². The molecule has 0 aromatic heterocycles. The third-order valence-corrected chi connectivity index (χ3v) is 6.68. The molecule has 0 saturated carbocycles. The zero-order chi connectivity index (χ0) is 28.9. The van der Waals surface area contributed by atoms with Gasteiger partial charge in [0.15, 0.2) is 0 Å². The van der Waals surface area contributed by atoms with Crippen LogP contribution in [0.5, 0.6) is 5.75 Å². The molecular formula is C33H40N4O3. The molecule has 0 fully saturated rings. The monoisotopic (exact) mass is 540 g/mol. The highest BCUT2D eigenvalue weighted by Gasteiger charge is 2.15. The van der Waals surface area contributed by atoms with Crippen LogP contribution in [0.1, 0.15) is 41.2 Å². The van der Waals surface area contributed by atoms with E-state index >= 15 is 0 Å². The first-order valence-electron chi connectivity index (χ1n) is 13.6. The number of hydrogen-bond donors (Lipinski definition) is 4. The lowest BCUT2D eigenvalue weighted by atomic mass is 9.86. The van der Waals surface area contributed by atoms with E-state index in [1.807, 2.05) is 30.3 Å². The zero-order valence-electron chi connectivity index (χ0n) is 23.6. The number of likely N-dealkylation sites (N-methyl/N-ethyl adjacent to an activating group) is 1. The molecule has 3 aromatic carbocycles. The highest BCUT2D eigenvalue weighted by molar-refractivity contribution is 6.00. The number of amides is 1. The molecule has 0 bridgehead atoms. The van der Waals surface area contributed by atoms with E-state index in [4.69, 9.17) is 21.0 Å². The number of benzene rings is 3. The van der Waals surface area contributed by atoms with Crippen LogP contribution in [0.15, 0.2) is 78.9 Å². The quantitative estimate of drug-likeness (QED) is 0.0763. The molecule has 0 unspecified atom stereocenters. The average molecular weight is 541 g/mol. The number of allylic oxidation sites excluding steroid dienone is 1. The zero-order valence-corrected chi connectivity index (χ0v) is 23.6. The molecule has 0 saturated heterocycles. The molecule has 3 aromatic rings. The van der Waals surface area contributed by atoms with Crippen LogP contribution in [0.25, 0.3) is 11.1 Å². The Bertz CT molecular complexity index is 1350. The summed E-state index contributed by atoms with van der Waals surface area (Å²) in [5.41, 5.74) is 14.2. The molecule has 7 nitrogen and oxygen atoms in total. The molecule has 0 radical (unpaired) electrons. The van der Waals surface area contributed by atoms with Gasteiger partial charge in [-0.25, -0.2) is 0 Å². The molecule has 40 heavy (non-hydrogen) atoms. The van der Waals surface area contributed by atoms with Gasteiger partial charge in [0.05, 0.1) is 6.61 Å². The summed E-state index contributed by atoms with van der Waals surface area (Å²) in [6.07, 6.45) is 5.40. The van der Waals surface area contributed by atoms with Crippen molar-refractivity contribution < 1.29 is 14.6 Å². The Hall–Kier alpha value is -4.20. The van der Waals surface area contributed by atoms with Crippen LogP contribution in [0.2, 0.25) is 0 Å². The molecule has 7 heteroatoms. The number of nitrogens with zero attached hydrogens (tertiary/aromatic N) is 1. The Morgan fingerprint density at radius 3 is 2.50 bits per heavy atom. The van der Waals surface area contributed by atoms with Gasteiger partial charge in [0.1, 0.15) is 12.4 Å². The summed E-state index contributed by atoms with van der Waals surface area (Å²) in [5, 5.41) is 19.9. The van der Waals surface area contributed by atoms with Gasteiger partial charge in [-0.15, -0.1) is 0 Å². The number of nitrogen functional groups attached to an aromatic ring is 1. The molecule has 0 aliphatic heterocycles. The van der Waals surface area contributed by atoms with Crippen molar-refractivity contribution in [3.8, 4) is 5.75 Å². The van der Waals surface area contributed by atoms with Crippen molar-refractivity contribution in [3.63, 3.8) is 0 Å². The Morgan fingerprint density at radius 1 is 1.10 bits per heavy atom. The van der Waals surface area contributed by atoms with E-state index in [2.05, 4.69) is 55.6 Å². The first kappa shape index (κ1) is 30.3. The molecule has 3 rings (SSSR count). The average Bonchev–Trinajstić information content (AvgIpc) is 2.97. The molecule has 0 atom stereocenters. The lowest BCUT2D eigenvalue weighted by molar-refractivity contribution is -0.125. The topological polar surface area (TPSA) is 112 Å². The van der Waals surface area contributed by atoms with Gasteiger partial charge in [-0.3, -0.25) is 4.79 Å². The van der Waals surface area contributed by atoms with Gasteiger partial charge in [0.25, 0.3) is 0 Å². The second-order valence-electron chi connectivity index (χ2n) is 9.47. The first-order chi connectivity index (χ1) is 19.4. The predicted molar refractivity (Wildman–Crippen MR) is 165 cm³/mol. The number of nitrogens with two attached hydrogens (primary N) is 1. The summed E-state index contributed by atoms with van der Waals surface area (Å²) in [4.78, 5) is 13.3. The summed E-state index contributed by atoms with van der Waals surface area (Å²) in [6, 6.07) is 22.4. The number of ether oxygens (including phenoxy) is 1. The molecule has 0 spiro atoms. The van der Waals surface area contributed by atoms with Gasteiger partial charge in [0.2, 0.25) is 5.91 Å². The fourth-order valence-corrected chi connectivity index (χ4v) is 4.48. The highest BCUT2D eigenvalue weighted by Crippen LogP contribution is 2.37. The Morgan fingerprint density at radius 2 is 1.82 bits per heavy atom. The van der Waals surface area contributed by atoms with E-state index in [-0.39, 0.29) is 12.5 Å². The number of rotatable bonds is 14. The van der Waals surface area contributed by atoms with E-state index in [1.165, 1.54) is 33.9 Å². The number of aliphatic hydroxyl groups is 1. The molecular weight excluding hydrogens is 500 g/mol. The maximum Gasteiger partial charge on any atom is 0.246 e. The minimum Gasteiger partial charge on any atom is -0.492 e. The fraction of sp³-hybridized carbons (Fsp3) is 0.273. The summed E-state index contributed by atoms with van der Waals surface area (Å²) in [5.74, 6) is 0.634. The minimum absolute atomic E-state index is 0.0518. The summed E-state index contributed by atoms with van der Waals surface area (Å²) in [6.45, 7) is 6.22. The minimum atomic E-state index is -0.137. The van der Waals surface area contributed by atoms with Crippen molar-refractivity contribution in [3.05, 3.63) is 107 Å². The molecule has 5 N–H and O–H groups in total. The van der Waals surface area contributed by atoms with Gasteiger partial charge in [-0.2, -0.15) is 0 Å². The fourth-order valence-electron chi connectivity index (χ4n) is 4.48. The Balaban J connectivity index is 1.75. The standard InChI is InChI=1S/C33H40N4O3/c1-4-29(30-9-6-5-8-24(30)2)33(26-13-16-31(35)27(22-26)23-34)25-11-14-28(15-12-25)40-21-18-36-17-7-10-32(39)37(3)19-20-38/h5-16,22-23,34,36,38H,4,17-21,35H2,1-3H3/b10-7+,33-29+,34-23?. The van der Waals surface area contributed by atoms with E-state index in [0.717, 1.165) is 28.9 Å². The van der Waals surface area contributed by atoms with Crippen molar-refractivity contribution >= 4 is 29.0 Å². The van der Waals surface area contributed by atoms with Crippen molar-refractivity contribution in [2.45, 2.75) is 20.3 Å². The van der Waals surface area contributed by atoms with Crippen LogP contribution < -0.4 is 15.8 Å². The van der Waals surface area contributed by atoms with Gasteiger partial charge in [-0.05, 0) is 71.0 Å². The van der Waals surface area contributed by atoms with Crippen molar-refractivity contribution in [2.75, 3.05) is 45.6 Å². The maximum absolute atomic E-state index is 11.8. The third-order valence-electron chi connectivity index (χ3n) is 6.68. The van der Waals surface area contributed by atoms with E-state index < -0.39 is 0 Å². The van der Waals surface area contributed by atoms with Gasteiger partial charge in [0, 0.05) is 50.2 Å². The van der Waals surface area contributed by atoms with Crippen LogP contribution in [0, 0.1) is 12.3 Å². The molecule has 210 valence electrons. The summed E-state index contributed by atoms with van der Waals surface area (Å²) < 4.78 is 5.94. The second kappa shape index (κ2) is 15.4. The van der Waals surface area contributed by atoms with Crippen molar-refractivity contribution in [2.24, 2.45) is 0 Å². The van der Waals surface area contributed by atoms with Gasteiger partial charge >= 0.3 is 0 Å². The highest BCUT2D eigenvalue weighted by atomic mass is 16.5. The van der Waals surface area contributed by atoms with Crippen LogP contribution >= 0.6 is 0 Å². The van der Waals surface area contributed by atoms with Crippen LogP contribution in [0.4, 0.5) is 5.69 Å². The molecule has 0 heterocycles.